The van der Waals surface area contributed by atoms with Gasteiger partial charge >= 0.3 is 0 Å². The third kappa shape index (κ3) is 2.06. The van der Waals surface area contributed by atoms with Crippen LogP contribution in [0.3, 0.4) is 0 Å². The number of rotatable bonds is 2. The molecule has 16 heavy (non-hydrogen) atoms. The molecular weight excluding hydrogens is 314 g/mol. The van der Waals surface area contributed by atoms with E-state index in [9.17, 15) is 13.5 Å². The lowest BCUT2D eigenvalue weighted by molar-refractivity contribution is -0.0426. The summed E-state index contributed by atoms with van der Waals surface area (Å²) in [5.74, 6) is 0. The van der Waals surface area contributed by atoms with Gasteiger partial charge in [-0.05, 0) is 35.8 Å². The van der Waals surface area contributed by atoms with Crippen LogP contribution in [0.15, 0.2) is 14.7 Å². The minimum Gasteiger partial charge on any atom is -0.387 e. The van der Waals surface area contributed by atoms with Gasteiger partial charge < -0.3 is 5.11 Å². The molecule has 1 saturated heterocycles. The van der Waals surface area contributed by atoms with Crippen LogP contribution in [0.1, 0.15) is 11.8 Å². The fourth-order valence-electron chi connectivity index (χ4n) is 1.71. The second-order valence-corrected chi connectivity index (χ2v) is 8.78. The molecule has 2 heterocycles. The monoisotopic (exact) mass is 325 g/mol. The summed E-state index contributed by atoms with van der Waals surface area (Å²) in [6.07, 6.45) is 0. The van der Waals surface area contributed by atoms with E-state index < -0.39 is 15.6 Å². The molecule has 1 fully saturated rings. The molecule has 1 aromatic heterocycles. The first-order valence-corrected chi connectivity index (χ1v) is 7.76. The van der Waals surface area contributed by atoms with Crippen molar-refractivity contribution in [3.63, 3.8) is 0 Å². The molecule has 7 heteroatoms. The number of halogens is 1. The Labute approximate surface area is 107 Å². The Hall–Kier alpha value is 0.0500. The molecule has 0 radical (unpaired) electrons. The van der Waals surface area contributed by atoms with Crippen molar-refractivity contribution in [3.8, 4) is 0 Å². The second-order valence-electron chi connectivity index (χ2n) is 4.24. The molecule has 0 amide bonds. The van der Waals surface area contributed by atoms with Gasteiger partial charge in [-0.1, -0.05) is 0 Å². The van der Waals surface area contributed by atoms with Gasteiger partial charge in [0.15, 0.2) is 0 Å². The van der Waals surface area contributed by atoms with Crippen LogP contribution in [0.2, 0.25) is 0 Å². The average Bonchev–Trinajstić information content (AvgIpc) is 2.41. The molecule has 0 spiro atoms. The highest BCUT2D eigenvalue weighted by Crippen LogP contribution is 2.34. The molecule has 0 aliphatic carbocycles. The molecule has 90 valence electrons. The summed E-state index contributed by atoms with van der Waals surface area (Å²) >= 11 is 4.67. The molecule has 1 aliphatic rings. The Morgan fingerprint density at radius 1 is 1.56 bits per heavy atom. The highest BCUT2D eigenvalue weighted by Gasteiger charge is 2.44. The molecule has 0 atom stereocenters. The van der Waals surface area contributed by atoms with Gasteiger partial charge in [0.05, 0.1) is 14.3 Å². The summed E-state index contributed by atoms with van der Waals surface area (Å²) in [5, 5.41) is 9.56. The van der Waals surface area contributed by atoms with Gasteiger partial charge in [0.1, 0.15) is 0 Å². The molecule has 1 aliphatic heterocycles. The van der Waals surface area contributed by atoms with Gasteiger partial charge in [0.25, 0.3) is 0 Å². The number of aliphatic hydroxyl groups is 1. The quantitative estimate of drug-likeness (QED) is 0.898. The van der Waals surface area contributed by atoms with E-state index in [1.54, 1.807) is 19.9 Å². The van der Waals surface area contributed by atoms with Gasteiger partial charge in [0, 0.05) is 18.0 Å². The first-order valence-electron chi connectivity index (χ1n) is 4.71. The number of nitrogens with zero attached hydrogens (tertiary/aromatic N) is 1. The van der Waals surface area contributed by atoms with Crippen molar-refractivity contribution < 1.29 is 13.5 Å². The summed E-state index contributed by atoms with van der Waals surface area (Å²) in [6.45, 7) is 3.75. The van der Waals surface area contributed by atoms with Gasteiger partial charge in [-0.2, -0.15) is 4.31 Å². The SMILES string of the molecule is Cc1sc(Br)cc1S(=O)(=O)N1CC(C)(O)C1. The van der Waals surface area contributed by atoms with E-state index in [-0.39, 0.29) is 13.1 Å². The van der Waals surface area contributed by atoms with Gasteiger partial charge in [-0.25, -0.2) is 8.42 Å². The van der Waals surface area contributed by atoms with Gasteiger partial charge in [-0.3, -0.25) is 0 Å². The number of hydrogen-bond donors (Lipinski definition) is 1. The highest BCUT2D eigenvalue weighted by atomic mass is 79.9. The van der Waals surface area contributed by atoms with E-state index in [1.807, 2.05) is 0 Å². The zero-order chi connectivity index (χ0) is 12.1. The van der Waals surface area contributed by atoms with E-state index in [0.29, 0.717) is 4.90 Å². The normalized spacial score (nSPS) is 20.8. The predicted octanol–water partition coefficient (Wildman–Crippen LogP) is 1.57. The van der Waals surface area contributed by atoms with Crippen molar-refractivity contribution in [2.75, 3.05) is 13.1 Å². The Balaban J connectivity index is 2.31. The van der Waals surface area contributed by atoms with E-state index in [4.69, 9.17) is 0 Å². The van der Waals surface area contributed by atoms with Crippen LogP contribution in [0.4, 0.5) is 0 Å². The van der Waals surface area contributed by atoms with Crippen LogP contribution < -0.4 is 0 Å². The Morgan fingerprint density at radius 3 is 2.50 bits per heavy atom. The van der Waals surface area contributed by atoms with E-state index in [1.165, 1.54) is 15.6 Å². The molecule has 0 aromatic carbocycles. The van der Waals surface area contributed by atoms with Crippen LogP contribution >= 0.6 is 27.3 Å². The summed E-state index contributed by atoms with van der Waals surface area (Å²) in [6, 6.07) is 1.61. The summed E-state index contributed by atoms with van der Waals surface area (Å²) in [5.41, 5.74) is -0.881. The molecular formula is C9H12BrNO3S2. The Bertz CT molecular complexity index is 513. The lowest BCUT2D eigenvalue weighted by Crippen LogP contribution is -2.61. The van der Waals surface area contributed by atoms with Crippen molar-refractivity contribution in [2.45, 2.75) is 24.3 Å². The highest BCUT2D eigenvalue weighted by molar-refractivity contribution is 9.11. The largest absolute Gasteiger partial charge is 0.387 e. The lowest BCUT2D eigenvalue weighted by atomic mass is 10.0. The molecule has 2 rings (SSSR count). The summed E-state index contributed by atoms with van der Waals surface area (Å²) in [4.78, 5) is 1.10. The van der Waals surface area contributed by atoms with Crippen LogP contribution in [0, 0.1) is 6.92 Å². The minimum atomic E-state index is -3.43. The zero-order valence-electron chi connectivity index (χ0n) is 8.90. The third-order valence-corrected chi connectivity index (χ3v) is 6.09. The maximum absolute atomic E-state index is 12.1. The Morgan fingerprint density at radius 2 is 2.12 bits per heavy atom. The maximum Gasteiger partial charge on any atom is 0.244 e. The molecule has 0 unspecified atom stereocenters. The predicted molar refractivity (Wildman–Crippen MR) is 66.1 cm³/mol. The van der Waals surface area contributed by atoms with E-state index >= 15 is 0 Å². The second kappa shape index (κ2) is 3.78. The fourth-order valence-corrected chi connectivity index (χ4v) is 5.77. The third-order valence-electron chi connectivity index (χ3n) is 2.49. The molecule has 0 bridgehead atoms. The minimum absolute atomic E-state index is 0.169. The molecule has 4 nitrogen and oxygen atoms in total. The maximum atomic E-state index is 12.1. The Kier molecular flexibility index (Phi) is 2.95. The van der Waals surface area contributed by atoms with Crippen LogP contribution in [0.5, 0.6) is 0 Å². The number of thiophene rings is 1. The number of sulfonamides is 1. The zero-order valence-corrected chi connectivity index (χ0v) is 12.1. The first-order chi connectivity index (χ1) is 7.22. The standard InChI is InChI=1S/C9H12BrNO3S2/c1-6-7(3-8(10)15-6)16(13,14)11-4-9(2,12)5-11/h3,12H,4-5H2,1-2H3. The van der Waals surface area contributed by atoms with Crippen molar-refractivity contribution in [3.05, 3.63) is 14.7 Å². The van der Waals surface area contributed by atoms with Gasteiger partial charge in [0.2, 0.25) is 10.0 Å². The first kappa shape index (κ1) is 12.5. The van der Waals surface area contributed by atoms with Crippen LogP contribution in [-0.2, 0) is 10.0 Å². The van der Waals surface area contributed by atoms with E-state index in [2.05, 4.69) is 15.9 Å². The molecule has 1 N–H and O–H groups in total. The topological polar surface area (TPSA) is 57.6 Å². The number of aryl methyl sites for hydroxylation is 1. The van der Waals surface area contributed by atoms with Crippen LogP contribution in [-0.4, -0.2) is 36.5 Å². The van der Waals surface area contributed by atoms with Crippen molar-refractivity contribution in [1.29, 1.82) is 0 Å². The van der Waals surface area contributed by atoms with Crippen molar-refractivity contribution >= 4 is 37.3 Å². The van der Waals surface area contributed by atoms with Crippen LogP contribution in [0.25, 0.3) is 0 Å². The molecule has 0 saturated carbocycles. The fraction of sp³-hybridized carbons (Fsp3) is 0.556. The molecule has 1 aromatic rings. The van der Waals surface area contributed by atoms with Crippen molar-refractivity contribution in [2.24, 2.45) is 0 Å². The average molecular weight is 326 g/mol. The van der Waals surface area contributed by atoms with Crippen molar-refractivity contribution in [1.82, 2.24) is 4.31 Å². The lowest BCUT2D eigenvalue weighted by Gasteiger charge is -2.42. The van der Waals surface area contributed by atoms with Gasteiger partial charge in [-0.15, -0.1) is 11.3 Å². The summed E-state index contributed by atoms with van der Waals surface area (Å²) in [7, 11) is -3.43. The smallest absolute Gasteiger partial charge is 0.244 e. The van der Waals surface area contributed by atoms with E-state index in [0.717, 1.165) is 8.66 Å². The number of hydrogen-bond acceptors (Lipinski definition) is 4. The number of β-amino-alcohol motifs (C(OH)–C–C–N with tert-alkyl or cyclic N) is 1. The summed E-state index contributed by atoms with van der Waals surface area (Å²) < 4.78 is 26.4.